The summed E-state index contributed by atoms with van der Waals surface area (Å²) < 4.78 is 5.51. The Morgan fingerprint density at radius 3 is 3.12 bits per heavy atom. The van der Waals surface area contributed by atoms with E-state index < -0.39 is 0 Å². The first kappa shape index (κ1) is 17.3. The maximum atomic E-state index is 12.8. The first-order valence-corrected chi connectivity index (χ1v) is 9.39. The molecule has 1 aliphatic carbocycles. The van der Waals surface area contributed by atoms with Crippen LogP contribution in [-0.4, -0.2) is 71.2 Å². The molecular weight excluding hydrogens is 330 g/mol. The highest BCUT2D eigenvalue weighted by molar-refractivity contribution is 5.91. The zero-order chi connectivity index (χ0) is 18.1. The van der Waals surface area contributed by atoms with E-state index >= 15 is 0 Å². The fraction of sp³-hybridized carbons (Fsp3) is 0.579. The van der Waals surface area contributed by atoms with Crippen LogP contribution in [0, 0.1) is 0 Å². The molecule has 0 radical (unpaired) electrons. The number of aromatic amines is 1. The van der Waals surface area contributed by atoms with Crippen molar-refractivity contribution in [3.63, 3.8) is 0 Å². The number of hydrogen-bond acceptors (Lipinski definition) is 4. The van der Waals surface area contributed by atoms with E-state index in [9.17, 15) is 4.79 Å². The number of rotatable bonds is 4. The highest BCUT2D eigenvalue weighted by Gasteiger charge is 2.39. The predicted octanol–water partition coefficient (Wildman–Crippen LogP) is 2.67. The highest BCUT2D eigenvalue weighted by Crippen LogP contribution is 2.31. The third-order valence-corrected chi connectivity index (χ3v) is 5.91. The Labute approximate surface area is 153 Å². The number of likely N-dealkylation sites (tertiary alicyclic amines) is 1. The van der Waals surface area contributed by atoms with Gasteiger partial charge in [0.25, 0.3) is 0 Å². The summed E-state index contributed by atoms with van der Waals surface area (Å²) in [5, 5.41) is 3.99. The smallest absolute Gasteiger partial charge is 0.323 e. The molecule has 140 valence electrons. The molecule has 3 heterocycles. The molecule has 2 aromatic heterocycles. The number of urea groups is 1. The quantitative estimate of drug-likeness (QED) is 0.882. The van der Waals surface area contributed by atoms with Gasteiger partial charge in [0.1, 0.15) is 5.82 Å². The van der Waals surface area contributed by atoms with Crippen LogP contribution in [0.2, 0.25) is 0 Å². The van der Waals surface area contributed by atoms with Crippen LogP contribution < -0.4 is 5.32 Å². The third kappa shape index (κ3) is 3.29. The van der Waals surface area contributed by atoms with Crippen molar-refractivity contribution in [1.29, 1.82) is 0 Å². The molecule has 2 fully saturated rings. The van der Waals surface area contributed by atoms with Crippen LogP contribution in [0.5, 0.6) is 0 Å². The van der Waals surface area contributed by atoms with E-state index in [0.29, 0.717) is 18.0 Å². The molecule has 4 rings (SSSR count). The Kier molecular flexibility index (Phi) is 4.82. The fourth-order valence-corrected chi connectivity index (χ4v) is 4.41. The Morgan fingerprint density at radius 2 is 2.31 bits per heavy atom. The van der Waals surface area contributed by atoms with Crippen molar-refractivity contribution in [3.05, 3.63) is 24.5 Å². The number of ether oxygens (including phenoxy) is 1. The topological polar surface area (TPSA) is 73.5 Å². The van der Waals surface area contributed by atoms with Gasteiger partial charge in [0, 0.05) is 50.9 Å². The molecule has 26 heavy (non-hydrogen) atoms. The summed E-state index contributed by atoms with van der Waals surface area (Å²) >= 11 is 0. The molecule has 2 N–H and O–H groups in total. The predicted molar refractivity (Wildman–Crippen MR) is 101 cm³/mol. The summed E-state index contributed by atoms with van der Waals surface area (Å²) in [5.74, 6) is 0.587. The Hall–Kier alpha value is -2.12. The lowest BCUT2D eigenvalue weighted by Gasteiger charge is -2.35. The monoisotopic (exact) mass is 357 g/mol. The molecule has 1 aliphatic heterocycles. The number of nitrogens with zero attached hydrogens (tertiary/aromatic N) is 3. The zero-order valence-corrected chi connectivity index (χ0v) is 15.4. The number of carbonyl (C=O) groups is 1. The van der Waals surface area contributed by atoms with Gasteiger partial charge in [-0.05, 0) is 37.8 Å². The Morgan fingerprint density at radius 1 is 1.42 bits per heavy atom. The van der Waals surface area contributed by atoms with Crippen molar-refractivity contribution in [2.75, 3.05) is 32.6 Å². The van der Waals surface area contributed by atoms with Crippen LogP contribution in [0.1, 0.15) is 25.7 Å². The molecule has 1 saturated carbocycles. The minimum absolute atomic E-state index is 0.0909. The van der Waals surface area contributed by atoms with Gasteiger partial charge in [0.15, 0.2) is 0 Å². The summed E-state index contributed by atoms with van der Waals surface area (Å²) in [6, 6.07) is 4.44. The molecule has 1 saturated heterocycles. The van der Waals surface area contributed by atoms with Gasteiger partial charge in [-0.25, -0.2) is 9.78 Å². The van der Waals surface area contributed by atoms with Gasteiger partial charge >= 0.3 is 6.03 Å². The average molecular weight is 357 g/mol. The summed E-state index contributed by atoms with van der Waals surface area (Å²) in [5.41, 5.74) is 0.967. The second-order valence-corrected chi connectivity index (χ2v) is 7.38. The molecule has 7 heteroatoms. The number of methoxy groups -OCH3 is 1. The lowest BCUT2D eigenvalue weighted by molar-refractivity contribution is 0.0907. The maximum Gasteiger partial charge on any atom is 0.323 e. The van der Waals surface area contributed by atoms with Gasteiger partial charge in [-0.2, -0.15) is 0 Å². The highest BCUT2D eigenvalue weighted by atomic mass is 16.5. The number of amides is 2. The number of hydrogen-bond donors (Lipinski definition) is 2. The van der Waals surface area contributed by atoms with E-state index in [-0.39, 0.29) is 12.1 Å². The van der Waals surface area contributed by atoms with E-state index in [0.717, 1.165) is 49.7 Å². The number of nitrogens with one attached hydrogen (secondary N) is 2. The van der Waals surface area contributed by atoms with Crippen LogP contribution >= 0.6 is 0 Å². The first-order valence-electron chi connectivity index (χ1n) is 9.39. The van der Waals surface area contributed by atoms with E-state index in [1.807, 2.05) is 30.3 Å². The van der Waals surface area contributed by atoms with Crippen molar-refractivity contribution in [2.24, 2.45) is 0 Å². The number of pyridine rings is 1. The van der Waals surface area contributed by atoms with Gasteiger partial charge in [-0.3, -0.25) is 10.2 Å². The summed E-state index contributed by atoms with van der Waals surface area (Å²) in [4.78, 5) is 24.6. The van der Waals surface area contributed by atoms with Crippen molar-refractivity contribution in [1.82, 2.24) is 19.8 Å². The lowest BCUT2D eigenvalue weighted by Crippen LogP contribution is -2.50. The maximum absolute atomic E-state index is 12.8. The second kappa shape index (κ2) is 7.25. The lowest BCUT2D eigenvalue weighted by atomic mass is 10.1. The molecule has 0 spiro atoms. The number of likely N-dealkylation sites (N-methyl/N-ethyl adjacent to an activating group) is 1. The van der Waals surface area contributed by atoms with Crippen molar-refractivity contribution in [2.45, 2.75) is 43.9 Å². The molecular formula is C19H27N5O2. The van der Waals surface area contributed by atoms with Gasteiger partial charge in [0.2, 0.25) is 0 Å². The fourth-order valence-electron chi connectivity index (χ4n) is 4.41. The summed E-state index contributed by atoms with van der Waals surface area (Å²) in [6.07, 6.45) is 8.38. The summed E-state index contributed by atoms with van der Waals surface area (Å²) in [6.45, 7) is 2.03. The number of carbonyl (C=O) groups excluding carboxylic acids is 1. The Balaban J connectivity index is 1.42. The number of fused-ring (bicyclic) bond motifs is 1. The molecule has 3 atom stereocenters. The van der Waals surface area contributed by atoms with E-state index in [2.05, 4.69) is 20.2 Å². The van der Waals surface area contributed by atoms with E-state index in [1.165, 1.54) is 0 Å². The molecule has 0 bridgehead atoms. The van der Waals surface area contributed by atoms with E-state index in [4.69, 9.17) is 4.74 Å². The largest absolute Gasteiger partial charge is 0.380 e. The van der Waals surface area contributed by atoms with Crippen LogP contribution in [0.25, 0.3) is 10.9 Å². The second-order valence-electron chi connectivity index (χ2n) is 7.38. The van der Waals surface area contributed by atoms with Crippen LogP contribution in [-0.2, 0) is 4.74 Å². The molecule has 0 aromatic carbocycles. The molecule has 7 nitrogen and oxygen atoms in total. The van der Waals surface area contributed by atoms with E-state index in [1.54, 1.807) is 13.3 Å². The van der Waals surface area contributed by atoms with Crippen LogP contribution in [0.3, 0.4) is 0 Å². The van der Waals surface area contributed by atoms with Crippen molar-refractivity contribution >= 4 is 22.8 Å². The number of H-pyrrole nitrogens is 1. The van der Waals surface area contributed by atoms with Gasteiger partial charge < -0.3 is 14.6 Å². The minimum Gasteiger partial charge on any atom is -0.380 e. The average Bonchev–Trinajstić information content (AvgIpc) is 3.38. The van der Waals surface area contributed by atoms with Gasteiger partial charge in [-0.15, -0.1) is 0 Å². The third-order valence-electron chi connectivity index (χ3n) is 5.91. The minimum atomic E-state index is -0.0909. The molecule has 2 aliphatic rings. The van der Waals surface area contributed by atoms with Crippen molar-refractivity contribution < 1.29 is 9.53 Å². The van der Waals surface area contributed by atoms with Crippen LogP contribution in [0.4, 0.5) is 10.6 Å². The van der Waals surface area contributed by atoms with Gasteiger partial charge in [-0.1, -0.05) is 0 Å². The van der Waals surface area contributed by atoms with Gasteiger partial charge in [0.05, 0.1) is 17.8 Å². The molecule has 1 unspecified atom stereocenters. The SMILES string of the molecule is COC1CCN([C@@H]2CCC[C@@H]2N(C)C(=O)Nc2cc3cc[nH]c3cn2)C1. The summed E-state index contributed by atoms with van der Waals surface area (Å²) in [7, 11) is 3.69. The van der Waals surface area contributed by atoms with Crippen molar-refractivity contribution in [3.8, 4) is 0 Å². The molecule has 2 amide bonds. The number of anilines is 1. The first-order chi connectivity index (χ1) is 12.7. The zero-order valence-electron chi connectivity index (χ0n) is 15.4. The Bertz CT molecular complexity index is 776. The molecule has 2 aromatic rings. The normalized spacial score (nSPS) is 26.5. The van der Waals surface area contributed by atoms with Crippen LogP contribution in [0.15, 0.2) is 24.5 Å². The number of aromatic nitrogens is 2. The standard InChI is InChI=1S/C19H27N5O2/c1-23(16-4-3-5-17(16)24-9-7-14(12-24)26-2)19(25)22-18-10-13-6-8-20-15(13)11-21-18/h6,8,10-11,14,16-17,20H,3-5,7,9,12H2,1-2H3,(H,21,22,25)/t14?,16-,17+/m0/s1.